The van der Waals surface area contributed by atoms with Crippen LogP contribution >= 0.6 is 23.6 Å². The molecule has 0 bridgehead atoms. The van der Waals surface area contributed by atoms with Gasteiger partial charge in [0, 0.05) is 6.21 Å². The molecule has 0 spiro atoms. The predicted octanol–water partition coefficient (Wildman–Crippen LogP) is 0.922. The zero-order valence-corrected chi connectivity index (χ0v) is 7.78. The Labute approximate surface area is 78.2 Å². The molecule has 0 unspecified atom stereocenters. The molecule has 0 aliphatic carbocycles. The van der Waals surface area contributed by atoms with Crippen LogP contribution in [0.15, 0.2) is 4.99 Å². The van der Waals surface area contributed by atoms with E-state index < -0.39 is 0 Å². The zero-order valence-electron chi connectivity index (χ0n) is 6.15. The molecule has 3 N–H and O–H groups in total. The maximum absolute atomic E-state index is 9.17. The first-order chi connectivity index (χ1) is 5.74. The molecule has 0 amide bonds. The number of rotatable bonds is 3. The Balaban J connectivity index is 2.75. The van der Waals surface area contributed by atoms with Gasteiger partial charge in [-0.1, -0.05) is 11.3 Å². The van der Waals surface area contributed by atoms with E-state index in [-0.39, 0.29) is 12.5 Å². The number of nitrogens with zero attached hydrogens (tertiary/aromatic N) is 1. The third-order valence-corrected chi connectivity index (χ3v) is 2.25. The first kappa shape index (κ1) is 9.37. The Morgan fingerprint density at radius 2 is 2.42 bits per heavy atom. The van der Waals surface area contributed by atoms with Crippen LogP contribution in [0, 0.1) is 3.95 Å². The summed E-state index contributed by atoms with van der Waals surface area (Å²) in [4.78, 5) is 7.00. The van der Waals surface area contributed by atoms with Crippen LogP contribution in [0.5, 0.6) is 5.88 Å². The Hall–Kier alpha value is -0.720. The van der Waals surface area contributed by atoms with Crippen molar-refractivity contribution in [1.29, 1.82) is 0 Å². The summed E-state index contributed by atoms with van der Waals surface area (Å²) in [6, 6.07) is 0. The molecule has 4 nitrogen and oxygen atoms in total. The molecule has 0 saturated heterocycles. The third kappa shape index (κ3) is 2.40. The van der Waals surface area contributed by atoms with Gasteiger partial charge in [-0.25, -0.2) is 0 Å². The van der Waals surface area contributed by atoms with Gasteiger partial charge in [0.1, 0.15) is 4.88 Å². The van der Waals surface area contributed by atoms with Crippen molar-refractivity contribution >= 4 is 29.8 Å². The molecule has 1 aromatic heterocycles. The Bertz CT molecular complexity index is 329. The fourth-order valence-electron chi connectivity index (χ4n) is 0.625. The van der Waals surface area contributed by atoms with Crippen LogP contribution in [0.25, 0.3) is 0 Å². The number of hydrogen-bond acceptors (Lipinski definition) is 5. The summed E-state index contributed by atoms with van der Waals surface area (Å²) in [7, 11) is 0. The van der Waals surface area contributed by atoms with E-state index in [2.05, 4.69) is 9.98 Å². The highest BCUT2D eigenvalue weighted by Crippen LogP contribution is 2.18. The second kappa shape index (κ2) is 4.34. The quantitative estimate of drug-likeness (QED) is 0.506. The molecule has 0 aliphatic rings. The van der Waals surface area contributed by atoms with Gasteiger partial charge in [-0.05, 0) is 12.2 Å². The van der Waals surface area contributed by atoms with Gasteiger partial charge in [-0.15, -0.1) is 0 Å². The van der Waals surface area contributed by atoms with E-state index in [0.29, 0.717) is 15.4 Å². The largest absolute Gasteiger partial charge is 0.494 e. The SMILES string of the molecule is OCCN=Cc1sc(=S)[nH]c1O. The number of nitrogens with one attached hydrogen (secondary N) is 1. The number of aromatic nitrogens is 1. The summed E-state index contributed by atoms with van der Waals surface area (Å²) in [5, 5.41) is 17.6. The Kier molecular flexibility index (Phi) is 3.39. The smallest absolute Gasteiger partial charge is 0.209 e. The molecule has 66 valence electrons. The van der Waals surface area contributed by atoms with Crippen LogP contribution in [-0.2, 0) is 0 Å². The van der Waals surface area contributed by atoms with Crippen LogP contribution < -0.4 is 0 Å². The number of aromatic hydroxyl groups is 1. The maximum atomic E-state index is 9.17. The second-order valence-corrected chi connectivity index (χ2v) is 3.71. The van der Waals surface area contributed by atoms with E-state index in [0.717, 1.165) is 0 Å². The first-order valence-electron chi connectivity index (χ1n) is 3.27. The molecule has 6 heteroatoms. The summed E-state index contributed by atoms with van der Waals surface area (Å²) >= 11 is 6.03. The summed E-state index contributed by atoms with van der Waals surface area (Å²) in [6.07, 6.45) is 1.49. The lowest BCUT2D eigenvalue weighted by molar-refractivity contribution is 0.307. The van der Waals surface area contributed by atoms with Gasteiger partial charge in [0.25, 0.3) is 0 Å². The minimum Gasteiger partial charge on any atom is -0.494 e. The van der Waals surface area contributed by atoms with Gasteiger partial charge < -0.3 is 15.2 Å². The molecule has 0 aromatic carbocycles. The average molecular weight is 204 g/mol. The van der Waals surface area contributed by atoms with Gasteiger partial charge in [0.2, 0.25) is 5.88 Å². The molecule has 1 rings (SSSR count). The summed E-state index contributed by atoms with van der Waals surface area (Å²) in [5.41, 5.74) is 0. The van der Waals surface area contributed by atoms with Crippen LogP contribution in [-0.4, -0.2) is 34.6 Å². The van der Waals surface area contributed by atoms with E-state index in [1.165, 1.54) is 17.6 Å². The van der Waals surface area contributed by atoms with E-state index in [1.54, 1.807) is 0 Å². The zero-order chi connectivity index (χ0) is 8.97. The van der Waals surface area contributed by atoms with E-state index in [9.17, 15) is 0 Å². The topological polar surface area (TPSA) is 68.6 Å². The summed E-state index contributed by atoms with van der Waals surface area (Å²) < 4.78 is 0.512. The second-order valence-electron chi connectivity index (χ2n) is 1.99. The number of H-pyrrole nitrogens is 1. The van der Waals surface area contributed by atoms with Crippen LogP contribution in [0.1, 0.15) is 4.88 Å². The minimum absolute atomic E-state index is 0.00703. The van der Waals surface area contributed by atoms with E-state index in [4.69, 9.17) is 22.4 Å². The monoisotopic (exact) mass is 204 g/mol. The molecule has 0 fully saturated rings. The molecule has 1 aromatic rings. The molecule has 0 atom stereocenters. The van der Waals surface area contributed by atoms with Gasteiger partial charge in [-0.3, -0.25) is 4.99 Å². The van der Waals surface area contributed by atoms with Crippen molar-refractivity contribution in [2.24, 2.45) is 4.99 Å². The van der Waals surface area contributed by atoms with Crippen molar-refractivity contribution < 1.29 is 10.2 Å². The minimum atomic E-state index is 0.00703. The molecular weight excluding hydrogens is 196 g/mol. The van der Waals surface area contributed by atoms with Crippen molar-refractivity contribution in [2.45, 2.75) is 0 Å². The van der Waals surface area contributed by atoms with Crippen molar-refractivity contribution in [2.75, 3.05) is 13.2 Å². The summed E-state index contributed by atoms with van der Waals surface area (Å²) in [5.74, 6) is 0.0340. The van der Waals surface area contributed by atoms with E-state index >= 15 is 0 Å². The highest BCUT2D eigenvalue weighted by atomic mass is 32.1. The van der Waals surface area contributed by atoms with Crippen molar-refractivity contribution in [3.05, 3.63) is 8.83 Å². The third-order valence-electron chi connectivity index (χ3n) is 1.09. The molecule has 0 radical (unpaired) electrons. The fourth-order valence-corrected chi connectivity index (χ4v) is 1.61. The number of aliphatic imine (C=N–C) groups is 1. The van der Waals surface area contributed by atoms with Gasteiger partial charge >= 0.3 is 0 Å². The lowest BCUT2D eigenvalue weighted by Crippen LogP contribution is -1.87. The molecular formula is C6H8N2O2S2. The number of aliphatic hydroxyl groups excluding tert-OH is 1. The van der Waals surface area contributed by atoms with Gasteiger partial charge in [-0.2, -0.15) is 0 Å². The van der Waals surface area contributed by atoms with E-state index in [1.807, 2.05) is 0 Å². The Morgan fingerprint density at radius 3 is 2.92 bits per heavy atom. The lowest BCUT2D eigenvalue weighted by Gasteiger charge is -1.86. The van der Waals surface area contributed by atoms with Crippen molar-refractivity contribution in [3.8, 4) is 5.88 Å². The fraction of sp³-hybridized carbons (Fsp3) is 0.333. The Morgan fingerprint density at radius 1 is 1.67 bits per heavy atom. The first-order valence-corrected chi connectivity index (χ1v) is 4.49. The van der Waals surface area contributed by atoms with Gasteiger partial charge in [0.15, 0.2) is 3.95 Å². The maximum Gasteiger partial charge on any atom is 0.209 e. The molecule has 1 heterocycles. The number of aromatic amines is 1. The highest BCUT2D eigenvalue weighted by Gasteiger charge is 1.99. The highest BCUT2D eigenvalue weighted by molar-refractivity contribution is 7.73. The molecule has 0 saturated carbocycles. The van der Waals surface area contributed by atoms with Crippen molar-refractivity contribution in [3.63, 3.8) is 0 Å². The van der Waals surface area contributed by atoms with Crippen LogP contribution in [0.3, 0.4) is 0 Å². The van der Waals surface area contributed by atoms with Crippen LogP contribution in [0.2, 0.25) is 0 Å². The number of aliphatic hydroxyl groups is 1. The predicted molar refractivity (Wildman–Crippen MR) is 50.7 cm³/mol. The molecule has 12 heavy (non-hydrogen) atoms. The van der Waals surface area contributed by atoms with Gasteiger partial charge in [0.05, 0.1) is 13.2 Å². The lowest BCUT2D eigenvalue weighted by atomic mass is 10.5. The number of thiazole rings is 1. The normalized spacial score (nSPS) is 11.1. The van der Waals surface area contributed by atoms with Crippen molar-refractivity contribution in [1.82, 2.24) is 4.98 Å². The average Bonchev–Trinajstić information content (AvgIpc) is 2.31. The molecule has 0 aliphatic heterocycles. The standard InChI is InChI=1S/C6H8N2O2S2/c9-2-1-7-3-4-5(10)8-6(11)12-4/h3,9-10H,1-2H2,(H,8,11). The van der Waals surface area contributed by atoms with Crippen LogP contribution in [0.4, 0.5) is 0 Å². The number of hydrogen-bond donors (Lipinski definition) is 3. The summed E-state index contributed by atoms with van der Waals surface area (Å²) in [6.45, 7) is 0.344.